The van der Waals surface area contributed by atoms with Crippen LogP contribution in [0.15, 0.2) is 0 Å². The first kappa shape index (κ1) is 102. The number of carbonyl (C=O) groups excluding carboxylic acids is 5. The van der Waals surface area contributed by atoms with Crippen molar-refractivity contribution in [1.82, 2.24) is 26.6 Å². The van der Waals surface area contributed by atoms with Crippen LogP contribution in [0.5, 0.6) is 0 Å². The Hall–Kier alpha value is -4.41. The number of aliphatic hydroxyl groups is 25. The quantitative estimate of drug-likeness (QED) is 0.0306. The van der Waals surface area contributed by atoms with Gasteiger partial charge in [-0.1, -0.05) is 0 Å². The molecule has 30 N–H and O–H groups in total. The van der Waals surface area contributed by atoms with Crippen LogP contribution >= 0.6 is 0 Å². The Morgan fingerprint density at radius 3 is 0.992 bits per heavy atom. The molecule has 0 saturated carbocycles. The second-order valence-corrected chi connectivity index (χ2v) is 31.7. The van der Waals surface area contributed by atoms with E-state index in [1.165, 1.54) is 13.8 Å². The number of rotatable bonds is 31. The molecule has 10 rings (SSSR count). The maximum absolute atomic E-state index is 13.6. The Kier molecular flexibility index (Phi) is 36.3. The van der Waals surface area contributed by atoms with E-state index >= 15 is 0 Å². The number of nitrogens with one attached hydrogen (secondary N) is 5. The van der Waals surface area contributed by atoms with Gasteiger partial charge in [-0.15, -0.1) is 0 Å². The maximum atomic E-state index is 13.6. The summed E-state index contributed by atoms with van der Waals surface area (Å²) in [5.41, 5.74) is 0. The molecule has 10 aliphatic heterocycles. The molecule has 10 aliphatic rings. The first-order chi connectivity index (χ1) is 58.5. The van der Waals surface area contributed by atoms with E-state index in [-0.39, 0.29) is 0 Å². The molecule has 10 heterocycles. The summed E-state index contributed by atoms with van der Waals surface area (Å²) in [4.78, 5) is 64.6. The summed E-state index contributed by atoms with van der Waals surface area (Å²) in [6.07, 6.45) is -93.0. The van der Waals surface area contributed by atoms with Crippen LogP contribution in [0.4, 0.5) is 0 Å². The van der Waals surface area contributed by atoms with Crippen LogP contribution in [0, 0.1) is 0 Å². The van der Waals surface area contributed by atoms with Crippen molar-refractivity contribution in [3.05, 3.63) is 0 Å². The fourth-order valence-corrected chi connectivity index (χ4v) is 16.1. The third-order valence-corrected chi connectivity index (χ3v) is 22.8. The van der Waals surface area contributed by atoms with Crippen molar-refractivity contribution < 1.29 is 242 Å². The van der Waals surface area contributed by atoms with Crippen LogP contribution in [-0.4, -0.2) is 517 Å². The first-order valence-corrected chi connectivity index (χ1v) is 39.8. The minimum atomic E-state index is -2.65. The predicted octanol–water partition coefficient (Wildman–Crippen LogP) is -20.0. The normalized spacial score (nSPS) is 49.0. The molecule has 124 heavy (non-hydrogen) atoms. The average Bonchev–Trinajstić information content (AvgIpc) is 0.759. The van der Waals surface area contributed by atoms with E-state index in [9.17, 15) is 152 Å². The van der Waals surface area contributed by atoms with Gasteiger partial charge >= 0.3 is 0 Å². The fraction of sp³-hybridized carbons (Fsp3) is 0.929. The highest BCUT2D eigenvalue weighted by Gasteiger charge is 2.62. The summed E-state index contributed by atoms with van der Waals surface area (Å²) >= 11 is 0. The standard InChI is InChI=1S/C70H117N5O49/c1-16-36(87)47(98)51(102)66(108-16)106-15-30-55(45(96)31(61(105)110-30)71-18(3)82)118-64-34(74-21(6)85)46(97)54(27(12-80)115-64)119-68-53(104)58(42(93)29(117-68)14-107-69-59(49(100)40(91)25(10-78)113-69)123-63-33(73-20(5)84)44(95)39(90)24(9-77)112-63)122-70-60(50(101)41(92)26(11-79)114-70)124-65-35(75-22(7)86)57(121-67-52(103)48(99)37(88)17(2)109-67)56(28(13-81)116-65)120-62-32(72-19(4)83)43(94)38(89)23(8-76)111-62/h16-17,23-70,76-81,87-105H,8-15H2,1-7H3,(H,71,82)(H,72,83)(H,73,84)(H,74,85)(H,75,86)/t16-,17-,23+,24+,25+,26+,27+,28+,29+,30+,31+,32+,33+,34+,35+,36+,37+,38-,39+,40+,41+,42+,43+,44+,45+,46+,47+,48+,49-,50-,51-,52-,53-,54+,55+,56+,57+,58-,59-,60-,61?,62-,63-,64-,65-,66+,67-,68-,69-,70+/m0/s1. The third kappa shape index (κ3) is 22.7. The van der Waals surface area contributed by atoms with Gasteiger partial charge in [0.25, 0.3) is 0 Å². The van der Waals surface area contributed by atoms with E-state index in [0.29, 0.717) is 0 Å². The van der Waals surface area contributed by atoms with Gasteiger partial charge in [-0.25, -0.2) is 0 Å². The van der Waals surface area contributed by atoms with Crippen molar-refractivity contribution in [1.29, 1.82) is 0 Å². The van der Waals surface area contributed by atoms with Crippen LogP contribution in [-0.2, 0) is 114 Å². The molecule has 10 saturated heterocycles. The summed E-state index contributed by atoms with van der Waals surface area (Å²) < 4.78 is 115. The van der Waals surface area contributed by atoms with Gasteiger partial charge in [-0.05, 0) is 13.8 Å². The molecule has 716 valence electrons. The fourth-order valence-electron chi connectivity index (χ4n) is 16.1. The Morgan fingerprint density at radius 1 is 0.226 bits per heavy atom. The minimum Gasteiger partial charge on any atom is -0.394 e. The monoisotopic (exact) mass is 1810 g/mol. The molecule has 0 radical (unpaired) electrons. The van der Waals surface area contributed by atoms with E-state index in [1.54, 1.807) is 0 Å². The highest BCUT2D eigenvalue weighted by molar-refractivity contribution is 5.75. The van der Waals surface area contributed by atoms with Gasteiger partial charge in [0.2, 0.25) is 29.5 Å². The second kappa shape index (κ2) is 44.2. The van der Waals surface area contributed by atoms with E-state index < -0.39 is 389 Å². The molecule has 0 aliphatic carbocycles. The molecule has 0 aromatic carbocycles. The molecule has 1 unspecified atom stereocenters. The van der Waals surface area contributed by atoms with Gasteiger partial charge < -0.3 is 244 Å². The smallest absolute Gasteiger partial charge is 0.217 e. The van der Waals surface area contributed by atoms with Crippen molar-refractivity contribution in [2.24, 2.45) is 0 Å². The molecule has 0 spiro atoms. The zero-order valence-electron chi connectivity index (χ0n) is 67.5. The number of amides is 5. The van der Waals surface area contributed by atoms with Gasteiger partial charge in [0.05, 0.1) is 65.1 Å². The highest BCUT2D eigenvalue weighted by atomic mass is 16.8. The summed E-state index contributed by atoms with van der Waals surface area (Å²) in [5.74, 6) is -4.60. The highest BCUT2D eigenvalue weighted by Crippen LogP contribution is 2.41. The van der Waals surface area contributed by atoms with Gasteiger partial charge in [0.15, 0.2) is 62.9 Å². The average molecular weight is 1810 g/mol. The molecule has 54 nitrogen and oxygen atoms in total. The zero-order valence-corrected chi connectivity index (χ0v) is 67.5. The molecule has 50 atom stereocenters. The van der Waals surface area contributed by atoms with Gasteiger partial charge in [-0.2, -0.15) is 0 Å². The first-order valence-electron chi connectivity index (χ1n) is 39.8. The Balaban J connectivity index is 1.02. The Morgan fingerprint density at radius 2 is 0.524 bits per heavy atom. The van der Waals surface area contributed by atoms with Crippen molar-refractivity contribution in [2.75, 3.05) is 52.9 Å². The maximum Gasteiger partial charge on any atom is 0.217 e. The number of hydrogen-bond acceptors (Lipinski definition) is 49. The number of hydrogen-bond donors (Lipinski definition) is 30. The second-order valence-electron chi connectivity index (χ2n) is 31.7. The molecule has 10 fully saturated rings. The van der Waals surface area contributed by atoms with Crippen molar-refractivity contribution in [3.63, 3.8) is 0 Å². The molecular formula is C70H117N5O49. The molecular weight excluding hydrogens is 1690 g/mol. The minimum absolute atomic E-state index is 0.845. The van der Waals surface area contributed by atoms with Crippen molar-refractivity contribution in [3.8, 4) is 0 Å². The molecule has 5 amide bonds. The van der Waals surface area contributed by atoms with Crippen LogP contribution in [0.3, 0.4) is 0 Å². The number of ether oxygens (including phenoxy) is 19. The zero-order chi connectivity index (χ0) is 91.4. The summed E-state index contributed by atoms with van der Waals surface area (Å²) in [6.45, 7) is -1.61. The van der Waals surface area contributed by atoms with E-state index in [2.05, 4.69) is 26.6 Å². The Bertz CT molecular complexity index is 3400. The van der Waals surface area contributed by atoms with Crippen LogP contribution in [0.25, 0.3) is 0 Å². The van der Waals surface area contributed by atoms with Crippen LogP contribution in [0.2, 0.25) is 0 Å². The summed E-state index contributed by atoms with van der Waals surface area (Å²) in [5, 5.41) is 294. The number of carbonyl (C=O) groups is 5. The van der Waals surface area contributed by atoms with Crippen molar-refractivity contribution in [2.45, 2.75) is 355 Å². The molecule has 0 aromatic rings. The lowest BCUT2D eigenvalue weighted by atomic mass is 9.93. The van der Waals surface area contributed by atoms with E-state index in [1.807, 2.05) is 0 Å². The molecule has 0 bridgehead atoms. The van der Waals surface area contributed by atoms with E-state index in [0.717, 1.165) is 34.6 Å². The van der Waals surface area contributed by atoms with Gasteiger partial charge in [-0.3, -0.25) is 24.0 Å². The summed E-state index contributed by atoms with van der Waals surface area (Å²) in [7, 11) is 0. The predicted molar refractivity (Wildman–Crippen MR) is 385 cm³/mol. The lowest BCUT2D eigenvalue weighted by molar-refractivity contribution is -0.402. The summed E-state index contributed by atoms with van der Waals surface area (Å²) in [6, 6.07) is -9.41. The third-order valence-electron chi connectivity index (χ3n) is 22.8. The number of aliphatic hydroxyl groups excluding tert-OH is 25. The van der Waals surface area contributed by atoms with Gasteiger partial charge in [0.1, 0.15) is 232 Å². The van der Waals surface area contributed by atoms with Gasteiger partial charge in [0, 0.05) is 34.6 Å². The Labute approximate surface area is 703 Å². The lowest BCUT2D eigenvalue weighted by Gasteiger charge is -2.52. The molecule has 0 aromatic heterocycles. The van der Waals surface area contributed by atoms with Crippen molar-refractivity contribution >= 4 is 29.5 Å². The molecule has 54 heteroatoms. The van der Waals surface area contributed by atoms with Crippen LogP contribution in [0.1, 0.15) is 48.5 Å². The topological polar surface area (TPSA) is 827 Å². The lowest BCUT2D eigenvalue weighted by Crippen LogP contribution is -2.72. The van der Waals surface area contributed by atoms with E-state index in [4.69, 9.17) is 90.0 Å². The van der Waals surface area contributed by atoms with Crippen LogP contribution < -0.4 is 26.6 Å². The largest absolute Gasteiger partial charge is 0.394 e. The SMILES string of the molecule is CC(=O)N[C@H]1[C@H](O[C@H]2[C@H](O)[C@@H](NC(C)=O)C(O)O[C@@H]2CO[C@@H]2O[C@@H](C)[C@@H](O)[C@@H](O)[C@@H]2O)O[C@H](CO)[C@@H](O[C@@H]2O[C@H](CO[C@H]3O[C@H](CO)[C@@H](O)[C@H](O)[C@@H]3O[C@@H]3O[C@H](CO)[C@@H](O)[C@H](O)[C@H]3NC(C)=O)[C@@H](O)[C@H](O[C@H]3O[C@H](CO)[C@@H](O)[C@H](O)[C@@H]3O[C@@H]3O[C@H](CO)[C@@H](O[C@@H]4O[C@H](CO)[C@H](O)[C@H](O)[C@H]4NC(C)=O)[C@H](O[C@@H]4O[C@@H](C)[C@@H](O)[C@@H](O)[C@@H]4O)[C@H]3NC(C)=O)[C@@H]2O)[C@@H]1O.